The van der Waals surface area contributed by atoms with Crippen LogP contribution < -0.4 is 10.2 Å². The summed E-state index contributed by atoms with van der Waals surface area (Å²) >= 11 is 8.28. The Morgan fingerprint density at radius 1 is 1.04 bits per heavy atom. The molecule has 0 saturated carbocycles. The molecule has 120 valence electrons. The van der Waals surface area contributed by atoms with Crippen molar-refractivity contribution in [3.05, 3.63) is 56.6 Å². The van der Waals surface area contributed by atoms with Crippen LogP contribution in [0.4, 0.5) is 11.4 Å². The van der Waals surface area contributed by atoms with E-state index in [0.29, 0.717) is 10.6 Å². The first-order valence-corrected chi connectivity index (χ1v) is 9.20. The van der Waals surface area contributed by atoms with Crippen molar-refractivity contribution in [3.63, 3.8) is 0 Å². The van der Waals surface area contributed by atoms with E-state index in [1.165, 1.54) is 24.9 Å². The number of carbonyl (C=O) groups is 1. The molecule has 1 N–H and O–H groups in total. The SMILES string of the molecule is O=C(Nc1ccc(N2CCCCC2)cc1)c1cc(I)ccc1Cl. The van der Waals surface area contributed by atoms with Gasteiger partial charge in [-0.25, -0.2) is 0 Å². The van der Waals surface area contributed by atoms with Gasteiger partial charge in [0, 0.05) is 28.0 Å². The zero-order valence-corrected chi connectivity index (χ0v) is 15.6. The van der Waals surface area contributed by atoms with E-state index < -0.39 is 0 Å². The van der Waals surface area contributed by atoms with Gasteiger partial charge in [-0.1, -0.05) is 11.6 Å². The summed E-state index contributed by atoms with van der Waals surface area (Å²) in [7, 11) is 0. The van der Waals surface area contributed by atoms with Crippen LogP contribution in [0, 0.1) is 3.57 Å². The predicted octanol–water partition coefficient (Wildman–Crippen LogP) is 5.19. The maximum Gasteiger partial charge on any atom is 0.257 e. The predicted molar refractivity (Wildman–Crippen MR) is 105 cm³/mol. The van der Waals surface area contributed by atoms with Crippen molar-refractivity contribution in [2.45, 2.75) is 19.3 Å². The molecule has 1 fully saturated rings. The maximum absolute atomic E-state index is 12.4. The number of benzene rings is 2. The molecule has 0 bridgehead atoms. The molecule has 1 aliphatic rings. The lowest BCUT2D eigenvalue weighted by Crippen LogP contribution is -2.29. The van der Waals surface area contributed by atoms with Crippen LogP contribution in [0.25, 0.3) is 0 Å². The molecular weight excluding hydrogens is 423 g/mol. The van der Waals surface area contributed by atoms with Gasteiger partial charge in [0.15, 0.2) is 0 Å². The van der Waals surface area contributed by atoms with Gasteiger partial charge in [-0.15, -0.1) is 0 Å². The van der Waals surface area contributed by atoms with Crippen molar-refractivity contribution in [2.24, 2.45) is 0 Å². The van der Waals surface area contributed by atoms with E-state index in [2.05, 4.69) is 44.9 Å². The third kappa shape index (κ3) is 4.18. The minimum absolute atomic E-state index is 0.181. The molecule has 0 aliphatic carbocycles. The zero-order valence-electron chi connectivity index (χ0n) is 12.7. The minimum Gasteiger partial charge on any atom is -0.372 e. The Morgan fingerprint density at radius 2 is 1.74 bits per heavy atom. The smallest absolute Gasteiger partial charge is 0.257 e. The average molecular weight is 441 g/mol. The molecule has 0 atom stereocenters. The highest BCUT2D eigenvalue weighted by Crippen LogP contribution is 2.23. The maximum atomic E-state index is 12.4. The summed E-state index contributed by atoms with van der Waals surface area (Å²) < 4.78 is 0.984. The molecule has 5 heteroatoms. The van der Waals surface area contributed by atoms with Crippen molar-refractivity contribution in [1.82, 2.24) is 0 Å². The molecule has 3 nitrogen and oxygen atoms in total. The molecular formula is C18H18ClIN2O. The van der Waals surface area contributed by atoms with Crippen molar-refractivity contribution < 1.29 is 4.79 Å². The molecule has 2 aromatic rings. The average Bonchev–Trinajstić information content (AvgIpc) is 2.58. The highest BCUT2D eigenvalue weighted by Gasteiger charge is 2.13. The third-order valence-electron chi connectivity index (χ3n) is 4.02. The Labute approximate surface area is 155 Å². The number of carbonyl (C=O) groups excluding carboxylic acids is 1. The van der Waals surface area contributed by atoms with Crippen LogP contribution in [0.1, 0.15) is 29.6 Å². The van der Waals surface area contributed by atoms with Gasteiger partial charge in [0.1, 0.15) is 0 Å². The first kappa shape index (κ1) is 16.6. The molecule has 1 aliphatic heterocycles. The summed E-state index contributed by atoms with van der Waals surface area (Å²) in [6, 6.07) is 13.5. The fraction of sp³-hybridized carbons (Fsp3) is 0.278. The topological polar surface area (TPSA) is 32.3 Å². The Morgan fingerprint density at radius 3 is 2.43 bits per heavy atom. The lowest BCUT2D eigenvalue weighted by molar-refractivity contribution is 0.102. The van der Waals surface area contributed by atoms with Gasteiger partial charge >= 0.3 is 0 Å². The van der Waals surface area contributed by atoms with E-state index in [1.807, 2.05) is 18.2 Å². The molecule has 0 spiro atoms. The number of hydrogen-bond acceptors (Lipinski definition) is 2. The van der Waals surface area contributed by atoms with Crippen molar-refractivity contribution >= 4 is 51.5 Å². The molecule has 3 rings (SSSR count). The van der Waals surface area contributed by atoms with E-state index in [0.717, 1.165) is 22.3 Å². The van der Waals surface area contributed by atoms with Crippen LogP contribution in [-0.2, 0) is 0 Å². The van der Waals surface area contributed by atoms with Gasteiger partial charge in [-0.3, -0.25) is 4.79 Å². The van der Waals surface area contributed by atoms with E-state index in [1.54, 1.807) is 12.1 Å². The standard InChI is InChI=1S/C18H18ClIN2O/c19-17-9-4-13(20)12-16(17)18(23)21-14-5-7-15(8-6-14)22-10-2-1-3-11-22/h4-9,12H,1-3,10-11H2,(H,21,23). The lowest BCUT2D eigenvalue weighted by Gasteiger charge is -2.28. The second-order valence-electron chi connectivity index (χ2n) is 5.67. The summed E-state index contributed by atoms with van der Waals surface area (Å²) in [5, 5.41) is 3.38. The summed E-state index contributed by atoms with van der Waals surface area (Å²) in [5.74, 6) is -0.181. The number of nitrogens with one attached hydrogen (secondary N) is 1. The molecule has 1 saturated heterocycles. The van der Waals surface area contributed by atoms with Crippen LogP contribution in [0.15, 0.2) is 42.5 Å². The van der Waals surface area contributed by atoms with Crippen molar-refractivity contribution in [1.29, 1.82) is 0 Å². The quantitative estimate of drug-likeness (QED) is 0.667. The molecule has 0 unspecified atom stereocenters. The van der Waals surface area contributed by atoms with Gasteiger partial charge in [0.2, 0.25) is 0 Å². The highest BCUT2D eigenvalue weighted by atomic mass is 127. The van der Waals surface area contributed by atoms with Crippen LogP contribution in [0.2, 0.25) is 5.02 Å². The van der Waals surface area contributed by atoms with Gasteiger partial charge in [-0.05, 0) is 84.3 Å². The van der Waals surface area contributed by atoms with Gasteiger partial charge in [0.05, 0.1) is 10.6 Å². The van der Waals surface area contributed by atoms with Crippen LogP contribution >= 0.6 is 34.2 Å². The number of amides is 1. The van der Waals surface area contributed by atoms with E-state index >= 15 is 0 Å². The Balaban J connectivity index is 1.70. The summed E-state index contributed by atoms with van der Waals surface area (Å²) in [4.78, 5) is 14.8. The van der Waals surface area contributed by atoms with Crippen LogP contribution in [-0.4, -0.2) is 19.0 Å². The second kappa shape index (κ2) is 7.53. The largest absolute Gasteiger partial charge is 0.372 e. The number of rotatable bonds is 3. The van der Waals surface area contributed by atoms with Crippen molar-refractivity contribution in [3.8, 4) is 0 Å². The van der Waals surface area contributed by atoms with Gasteiger partial charge < -0.3 is 10.2 Å². The monoisotopic (exact) mass is 440 g/mol. The molecule has 1 amide bonds. The Hall–Kier alpha value is -1.27. The highest BCUT2D eigenvalue weighted by molar-refractivity contribution is 14.1. The lowest BCUT2D eigenvalue weighted by atomic mass is 10.1. The fourth-order valence-electron chi connectivity index (χ4n) is 2.78. The minimum atomic E-state index is -0.181. The second-order valence-corrected chi connectivity index (χ2v) is 7.33. The summed E-state index contributed by atoms with van der Waals surface area (Å²) in [6.07, 6.45) is 3.83. The van der Waals surface area contributed by atoms with E-state index in [9.17, 15) is 4.79 Å². The first-order valence-electron chi connectivity index (χ1n) is 7.75. The van der Waals surface area contributed by atoms with E-state index in [4.69, 9.17) is 11.6 Å². The van der Waals surface area contributed by atoms with Gasteiger partial charge in [0.25, 0.3) is 5.91 Å². The first-order chi connectivity index (χ1) is 11.1. The normalized spacial score (nSPS) is 14.6. The molecule has 0 aromatic heterocycles. The van der Waals surface area contributed by atoms with E-state index in [-0.39, 0.29) is 5.91 Å². The van der Waals surface area contributed by atoms with Gasteiger partial charge in [-0.2, -0.15) is 0 Å². The number of piperidine rings is 1. The number of anilines is 2. The third-order valence-corrected chi connectivity index (χ3v) is 5.02. The zero-order chi connectivity index (χ0) is 16.2. The Bertz CT molecular complexity index is 697. The van der Waals surface area contributed by atoms with Crippen LogP contribution in [0.5, 0.6) is 0 Å². The summed E-state index contributed by atoms with van der Waals surface area (Å²) in [5.41, 5.74) is 2.50. The molecule has 0 radical (unpaired) electrons. The number of halogens is 2. The Kier molecular flexibility index (Phi) is 5.43. The van der Waals surface area contributed by atoms with Crippen LogP contribution in [0.3, 0.4) is 0 Å². The van der Waals surface area contributed by atoms with Crippen molar-refractivity contribution in [2.75, 3.05) is 23.3 Å². The fourth-order valence-corrected chi connectivity index (χ4v) is 3.47. The molecule has 1 heterocycles. The molecule has 2 aromatic carbocycles. The molecule has 23 heavy (non-hydrogen) atoms. The summed E-state index contributed by atoms with van der Waals surface area (Å²) in [6.45, 7) is 2.23. The number of nitrogens with zero attached hydrogens (tertiary/aromatic N) is 1. The number of hydrogen-bond donors (Lipinski definition) is 1.